The summed E-state index contributed by atoms with van der Waals surface area (Å²) in [7, 11) is 0. The maximum Gasteiger partial charge on any atom is 0.119 e. The van der Waals surface area contributed by atoms with Crippen LogP contribution in [-0.4, -0.2) is 6.29 Å². The molecule has 16 heavy (non-hydrogen) atoms. The smallest absolute Gasteiger partial charge is 0.119 e. The van der Waals surface area contributed by atoms with Gasteiger partial charge < -0.3 is 4.79 Å². The lowest BCUT2D eigenvalue weighted by atomic mass is 10.1. The van der Waals surface area contributed by atoms with Gasteiger partial charge in [0, 0.05) is 6.42 Å². The Labute approximate surface area is 101 Å². The molecule has 0 bridgehead atoms. The van der Waals surface area contributed by atoms with Gasteiger partial charge in [-0.05, 0) is 32.1 Å². The molecule has 0 atom stereocenters. The van der Waals surface area contributed by atoms with Gasteiger partial charge in [-0.3, -0.25) is 0 Å². The van der Waals surface area contributed by atoms with Gasteiger partial charge in [0.15, 0.2) is 0 Å². The van der Waals surface area contributed by atoms with Crippen molar-refractivity contribution in [3.05, 3.63) is 24.3 Å². The highest BCUT2D eigenvalue weighted by atomic mass is 16.1. The summed E-state index contributed by atoms with van der Waals surface area (Å²) < 4.78 is 0. The molecule has 0 amide bonds. The summed E-state index contributed by atoms with van der Waals surface area (Å²) in [6.07, 6.45) is 20.3. The molecule has 0 fully saturated rings. The minimum absolute atomic E-state index is 0.740. The van der Waals surface area contributed by atoms with E-state index >= 15 is 0 Å². The molecule has 0 saturated carbocycles. The van der Waals surface area contributed by atoms with Crippen LogP contribution in [0.15, 0.2) is 24.3 Å². The SMILES string of the molecule is CCC=CCC=CCCCCCCCC=O. The number of carbonyl (C=O) groups excluding carboxylic acids is 1. The van der Waals surface area contributed by atoms with Crippen LogP contribution in [0.3, 0.4) is 0 Å². The zero-order chi connectivity index (χ0) is 11.9. The first-order valence-electron chi connectivity index (χ1n) is 6.65. The van der Waals surface area contributed by atoms with Gasteiger partial charge in [0.2, 0.25) is 0 Å². The van der Waals surface area contributed by atoms with Gasteiger partial charge in [0.25, 0.3) is 0 Å². The van der Waals surface area contributed by atoms with E-state index in [1.54, 1.807) is 0 Å². The van der Waals surface area contributed by atoms with E-state index in [4.69, 9.17) is 0 Å². The average Bonchev–Trinajstić information content (AvgIpc) is 2.31. The number of hydrogen-bond donors (Lipinski definition) is 0. The summed E-state index contributed by atoms with van der Waals surface area (Å²) >= 11 is 0. The van der Waals surface area contributed by atoms with Crippen molar-refractivity contribution in [3.63, 3.8) is 0 Å². The van der Waals surface area contributed by atoms with Gasteiger partial charge in [-0.15, -0.1) is 0 Å². The van der Waals surface area contributed by atoms with Gasteiger partial charge >= 0.3 is 0 Å². The second-order valence-corrected chi connectivity index (χ2v) is 4.10. The molecule has 0 aliphatic heterocycles. The molecule has 0 aliphatic carbocycles. The van der Waals surface area contributed by atoms with Crippen LogP contribution < -0.4 is 0 Å². The normalized spacial score (nSPS) is 11.6. The molecule has 0 heterocycles. The maximum atomic E-state index is 10.1. The van der Waals surface area contributed by atoms with Gasteiger partial charge in [-0.1, -0.05) is 50.5 Å². The number of hydrogen-bond acceptors (Lipinski definition) is 1. The van der Waals surface area contributed by atoms with Crippen LogP contribution in [-0.2, 0) is 4.79 Å². The lowest BCUT2D eigenvalue weighted by molar-refractivity contribution is -0.107. The highest BCUT2D eigenvalue weighted by Gasteiger charge is 1.88. The largest absolute Gasteiger partial charge is 0.303 e. The van der Waals surface area contributed by atoms with Crippen molar-refractivity contribution >= 4 is 6.29 Å². The second-order valence-electron chi connectivity index (χ2n) is 4.10. The minimum atomic E-state index is 0.740. The predicted molar refractivity (Wildman–Crippen MR) is 71.6 cm³/mol. The molecule has 1 heteroatoms. The molecule has 0 unspecified atom stereocenters. The first-order valence-corrected chi connectivity index (χ1v) is 6.65. The fraction of sp³-hybridized carbons (Fsp3) is 0.667. The van der Waals surface area contributed by atoms with E-state index in [2.05, 4.69) is 31.2 Å². The number of rotatable bonds is 11. The van der Waals surface area contributed by atoms with Crippen LogP contribution >= 0.6 is 0 Å². The van der Waals surface area contributed by atoms with Crippen LogP contribution in [0.25, 0.3) is 0 Å². The van der Waals surface area contributed by atoms with Crippen LogP contribution in [0.1, 0.15) is 64.7 Å². The van der Waals surface area contributed by atoms with Crippen molar-refractivity contribution in [1.82, 2.24) is 0 Å². The van der Waals surface area contributed by atoms with Crippen LogP contribution in [0.5, 0.6) is 0 Å². The summed E-state index contributed by atoms with van der Waals surface area (Å²) in [5.41, 5.74) is 0. The number of carbonyl (C=O) groups is 1. The molecule has 92 valence electrons. The number of unbranched alkanes of at least 4 members (excludes halogenated alkanes) is 6. The highest BCUT2D eigenvalue weighted by molar-refractivity contribution is 5.48. The van der Waals surface area contributed by atoms with Gasteiger partial charge in [-0.25, -0.2) is 0 Å². The summed E-state index contributed by atoms with van der Waals surface area (Å²) in [4.78, 5) is 10.1. The van der Waals surface area contributed by atoms with E-state index in [1.807, 2.05) is 0 Å². The Balaban J connectivity index is 3.08. The Morgan fingerprint density at radius 3 is 2.06 bits per heavy atom. The lowest BCUT2D eigenvalue weighted by Gasteiger charge is -1.97. The molecule has 0 radical (unpaired) electrons. The van der Waals surface area contributed by atoms with E-state index < -0.39 is 0 Å². The highest BCUT2D eigenvalue weighted by Crippen LogP contribution is 2.07. The van der Waals surface area contributed by atoms with Crippen LogP contribution in [0, 0.1) is 0 Å². The third-order valence-electron chi connectivity index (χ3n) is 2.53. The molecule has 0 spiro atoms. The van der Waals surface area contributed by atoms with Gasteiger partial charge in [-0.2, -0.15) is 0 Å². The third-order valence-corrected chi connectivity index (χ3v) is 2.53. The summed E-state index contributed by atoms with van der Waals surface area (Å²) in [6.45, 7) is 2.16. The van der Waals surface area contributed by atoms with E-state index in [-0.39, 0.29) is 0 Å². The van der Waals surface area contributed by atoms with E-state index in [1.165, 1.54) is 32.1 Å². The van der Waals surface area contributed by atoms with Crippen molar-refractivity contribution in [2.45, 2.75) is 64.7 Å². The molecule has 0 aromatic heterocycles. The van der Waals surface area contributed by atoms with Crippen LogP contribution in [0.2, 0.25) is 0 Å². The maximum absolute atomic E-state index is 10.1. The fourth-order valence-electron chi connectivity index (χ4n) is 1.58. The van der Waals surface area contributed by atoms with Crippen molar-refractivity contribution in [2.24, 2.45) is 0 Å². The number of allylic oxidation sites excluding steroid dienone is 4. The standard InChI is InChI=1S/C15H26O/c1-2-3-4-5-6-7-8-9-10-11-12-13-14-15-16/h3-4,6-7,15H,2,5,8-14H2,1H3. The first kappa shape index (κ1) is 15.2. The van der Waals surface area contributed by atoms with Gasteiger partial charge in [0.05, 0.1) is 0 Å². The summed E-state index contributed by atoms with van der Waals surface area (Å²) in [6, 6.07) is 0. The molecule has 0 aromatic rings. The van der Waals surface area contributed by atoms with E-state index in [9.17, 15) is 4.79 Å². The van der Waals surface area contributed by atoms with Crippen molar-refractivity contribution < 1.29 is 4.79 Å². The van der Waals surface area contributed by atoms with Gasteiger partial charge in [0.1, 0.15) is 6.29 Å². The zero-order valence-corrected chi connectivity index (χ0v) is 10.7. The Kier molecular flexibility index (Phi) is 13.4. The monoisotopic (exact) mass is 222 g/mol. The quantitative estimate of drug-likeness (QED) is 0.278. The minimum Gasteiger partial charge on any atom is -0.303 e. The van der Waals surface area contributed by atoms with Crippen molar-refractivity contribution in [3.8, 4) is 0 Å². The molecule has 0 N–H and O–H groups in total. The molecule has 0 aliphatic rings. The van der Waals surface area contributed by atoms with E-state index in [0.717, 1.165) is 32.0 Å². The Morgan fingerprint density at radius 1 is 0.750 bits per heavy atom. The summed E-state index contributed by atoms with van der Waals surface area (Å²) in [5, 5.41) is 0. The van der Waals surface area contributed by atoms with E-state index in [0.29, 0.717) is 0 Å². The molecule has 0 rings (SSSR count). The van der Waals surface area contributed by atoms with Crippen molar-refractivity contribution in [2.75, 3.05) is 0 Å². The zero-order valence-electron chi connectivity index (χ0n) is 10.7. The molecule has 0 aromatic carbocycles. The average molecular weight is 222 g/mol. The summed E-state index contributed by atoms with van der Waals surface area (Å²) in [5.74, 6) is 0. The third kappa shape index (κ3) is 13.2. The van der Waals surface area contributed by atoms with Crippen molar-refractivity contribution in [1.29, 1.82) is 0 Å². The second kappa shape index (κ2) is 14.2. The topological polar surface area (TPSA) is 17.1 Å². The fourth-order valence-corrected chi connectivity index (χ4v) is 1.58. The number of aldehydes is 1. The molecule has 0 saturated heterocycles. The lowest BCUT2D eigenvalue weighted by Crippen LogP contribution is -1.80. The Morgan fingerprint density at radius 2 is 1.38 bits per heavy atom. The molecule has 1 nitrogen and oxygen atoms in total. The Bertz CT molecular complexity index is 192. The Hall–Kier alpha value is -0.850. The predicted octanol–water partition coefficient (Wildman–Crippen LogP) is 4.83. The molecular formula is C15H26O. The van der Waals surface area contributed by atoms with Crippen LogP contribution in [0.4, 0.5) is 0 Å². The first-order chi connectivity index (χ1) is 7.91. The molecular weight excluding hydrogens is 196 g/mol.